The number of aliphatic carboxylic acids is 1. The van der Waals surface area contributed by atoms with Gasteiger partial charge in [0.05, 0.1) is 5.92 Å². The van der Waals surface area contributed by atoms with E-state index >= 15 is 0 Å². The van der Waals surface area contributed by atoms with Crippen molar-refractivity contribution < 1.29 is 9.90 Å². The third-order valence-corrected chi connectivity index (χ3v) is 2.60. The fourth-order valence-electron chi connectivity index (χ4n) is 1.84. The minimum Gasteiger partial charge on any atom is -0.481 e. The van der Waals surface area contributed by atoms with Crippen LogP contribution < -0.4 is 5.32 Å². The third-order valence-electron chi connectivity index (χ3n) is 2.60. The Kier molecular flexibility index (Phi) is 6.33. The standard InChI is InChI=1S/C10H12N2O2.2ClH/c13-10(14)8-6-11-5-7(8)9-3-1-2-4-12-9;;/h1-4,7-8,11H,5-6H2,(H,13,14);2*1H. The van der Waals surface area contributed by atoms with Gasteiger partial charge in [0.15, 0.2) is 0 Å². The topological polar surface area (TPSA) is 62.2 Å². The Morgan fingerprint density at radius 3 is 2.69 bits per heavy atom. The third kappa shape index (κ3) is 3.07. The number of pyridine rings is 1. The van der Waals surface area contributed by atoms with Crippen LogP contribution in [0.1, 0.15) is 11.6 Å². The van der Waals surface area contributed by atoms with Crippen molar-refractivity contribution >= 4 is 30.8 Å². The average Bonchev–Trinajstić information content (AvgIpc) is 2.67. The van der Waals surface area contributed by atoms with Gasteiger partial charge in [0.25, 0.3) is 0 Å². The van der Waals surface area contributed by atoms with E-state index < -0.39 is 5.97 Å². The van der Waals surface area contributed by atoms with Gasteiger partial charge in [0, 0.05) is 30.9 Å². The highest BCUT2D eigenvalue weighted by atomic mass is 35.5. The van der Waals surface area contributed by atoms with Gasteiger partial charge in [0.1, 0.15) is 0 Å². The lowest BCUT2D eigenvalue weighted by Crippen LogP contribution is -2.21. The van der Waals surface area contributed by atoms with Crippen LogP contribution in [0.3, 0.4) is 0 Å². The second kappa shape index (κ2) is 6.68. The fourth-order valence-corrected chi connectivity index (χ4v) is 1.84. The first-order valence-corrected chi connectivity index (χ1v) is 4.63. The molecular formula is C10H14Cl2N2O2. The maximum Gasteiger partial charge on any atom is 0.308 e. The number of aromatic nitrogens is 1. The van der Waals surface area contributed by atoms with E-state index in [1.807, 2.05) is 18.2 Å². The molecule has 2 atom stereocenters. The van der Waals surface area contributed by atoms with Gasteiger partial charge < -0.3 is 10.4 Å². The molecule has 0 bridgehead atoms. The predicted octanol–water partition coefficient (Wildman–Crippen LogP) is 1.31. The van der Waals surface area contributed by atoms with E-state index in [2.05, 4.69) is 10.3 Å². The van der Waals surface area contributed by atoms with Gasteiger partial charge in [-0.3, -0.25) is 9.78 Å². The number of carboxylic acids is 1. The lowest BCUT2D eigenvalue weighted by Gasteiger charge is -2.13. The number of hydrogen-bond donors (Lipinski definition) is 2. The molecule has 90 valence electrons. The van der Waals surface area contributed by atoms with Crippen molar-refractivity contribution in [1.82, 2.24) is 10.3 Å². The van der Waals surface area contributed by atoms with Crippen LogP contribution in [0, 0.1) is 5.92 Å². The van der Waals surface area contributed by atoms with Crippen LogP contribution >= 0.6 is 24.8 Å². The monoisotopic (exact) mass is 264 g/mol. The maximum atomic E-state index is 10.9. The zero-order valence-electron chi connectivity index (χ0n) is 8.50. The first kappa shape index (κ1) is 15.2. The maximum absolute atomic E-state index is 10.9. The number of carbonyl (C=O) groups is 1. The lowest BCUT2D eigenvalue weighted by atomic mass is 9.93. The van der Waals surface area contributed by atoms with Crippen molar-refractivity contribution in [2.75, 3.05) is 13.1 Å². The highest BCUT2D eigenvalue weighted by molar-refractivity contribution is 5.85. The normalized spacial score (nSPS) is 23.0. The molecule has 0 saturated carbocycles. The summed E-state index contributed by atoms with van der Waals surface area (Å²) in [6.45, 7) is 1.24. The second-order valence-corrected chi connectivity index (χ2v) is 3.46. The molecule has 0 radical (unpaired) electrons. The van der Waals surface area contributed by atoms with Crippen molar-refractivity contribution in [2.45, 2.75) is 5.92 Å². The van der Waals surface area contributed by atoms with Crippen molar-refractivity contribution in [2.24, 2.45) is 5.92 Å². The number of hydrogen-bond acceptors (Lipinski definition) is 3. The summed E-state index contributed by atoms with van der Waals surface area (Å²) in [5.74, 6) is -1.08. The van der Waals surface area contributed by atoms with Crippen molar-refractivity contribution in [3.63, 3.8) is 0 Å². The molecule has 2 unspecified atom stereocenters. The van der Waals surface area contributed by atoms with Gasteiger partial charge in [-0.15, -0.1) is 24.8 Å². The molecule has 1 saturated heterocycles. The van der Waals surface area contributed by atoms with E-state index in [4.69, 9.17) is 5.11 Å². The fraction of sp³-hybridized carbons (Fsp3) is 0.400. The lowest BCUT2D eigenvalue weighted by molar-refractivity contribution is -0.141. The number of halogens is 2. The van der Waals surface area contributed by atoms with Gasteiger partial charge in [-0.2, -0.15) is 0 Å². The number of nitrogens with zero attached hydrogens (tertiary/aromatic N) is 1. The summed E-state index contributed by atoms with van der Waals surface area (Å²) >= 11 is 0. The Labute approximate surface area is 106 Å². The van der Waals surface area contributed by atoms with Gasteiger partial charge >= 0.3 is 5.97 Å². The number of carboxylic acid groups (broad SMARTS) is 1. The molecule has 6 heteroatoms. The Balaban J connectivity index is 0.00000112. The molecule has 1 aromatic heterocycles. The van der Waals surface area contributed by atoms with Crippen LogP contribution in [0.4, 0.5) is 0 Å². The molecule has 2 heterocycles. The molecule has 1 aromatic rings. The zero-order chi connectivity index (χ0) is 9.97. The summed E-state index contributed by atoms with van der Waals surface area (Å²) in [5.41, 5.74) is 0.866. The van der Waals surface area contributed by atoms with Crippen LogP contribution in [-0.4, -0.2) is 29.1 Å². The van der Waals surface area contributed by atoms with E-state index in [1.165, 1.54) is 0 Å². The summed E-state index contributed by atoms with van der Waals surface area (Å²) in [5, 5.41) is 12.1. The Morgan fingerprint density at radius 2 is 2.12 bits per heavy atom. The van der Waals surface area contributed by atoms with E-state index in [0.717, 1.165) is 5.69 Å². The smallest absolute Gasteiger partial charge is 0.308 e. The van der Waals surface area contributed by atoms with Gasteiger partial charge in [0.2, 0.25) is 0 Å². The SMILES string of the molecule is Cl.Cl.O=C(O)C1CNCC1c1ccccn1. The molecule has 0 amide bonds. The molecule has 0 aromatic carbocycles. The highest BCUT2D eigenvalue weighted by Gasteiger charge is 2.34. The molecule has 16 heavy (non-hydrogen) atoms. The summed E-state index contributed by atoms with van der Waals surface area (Å²) in [4.78, 5) is 15.1. The molecule has 0 spiro atoms. The summed E-state index contributed by atoms with van der Waals surface area (Å²) in [7, 11) is 0. The second-order valence-electron chi connectivity index (χ2n) is 3.46. The van der Waals surface area contributed by atoms with E-state index in [-0.39, 0.29) is 36.6 Å². The molecule has 1 aliphatic heterocycles. The van der Waals surface area contributed by atoms with Crippen LogP contribution in [0.5, 0.6) is 0 Å². The average molecular weight is 265 g/mol. The summed E-state index contributed by atoms with van der Waals surface area (Å²) < 4.78 is 0. The minimum absolute atomic E-state index is 0. The molecule has 0 aliphatic carbocycles. The zero-order valence-corrected chi connectivity index (χ0v) is 10.1. The van der Waals surface area contributed by atoms with E-state index in [0.29, 0.717) is 13.1 Å². The van der Waals surface area contributed by atoms with Crippen LogP contribution in [0.2, 0.25) is 0 Å². The van der Waals surface area contributed by atoms with Gasteiger partial charge in [-0.1, -0.05) is 6.07 Å². The number of nitrogens with one attached hydrogen (secondary N) is 1. The largest absolute Gasteiger partial charge is 0.481 e. The molecule has 4 nitrogen and oxygen atoms in total. The molecule has 1 fully saturated rings. The Hall–Kier alpha value is -0.840. The van der Waals surface area contributed by atoms with E-state index in [1.54, 1.807) is 6.20 Å². The van der Waals surface area contributed by atoms with Crippen LogP contribution in [0.25, 0.3) is 0 Å². The number of rotatable bonds is 2. The Bertz CT molecular complexity index is 335. The molecule has 2 N–H and O–H groups in total. The quantitative estimate of drug-likeness (QED) is 0.846. The summed E-state index contributed by atoms with van der Waals surface area (Å²) in [6, 6.07) is 5.61. The first-order valence-electron chi connectivity index (χ1n) is 4.63. The molecule has 2 rings (SSSR count). The highest BCUT2D eigenvalue weighted by Crippen LogP contribution is 2.26. The van der Waals surface area contributed by atoms with Crippen molar-refractivity contribution in [3.05, 3.63) is 30.1 Å². The molecule has 1 aliphatic rings. The van der Waals surface area contributed by atoms with Gasteiger partial charge in [-0.25, -0.2) is 0 Å². The first-order chi connectivity index (χ1) is 6.79. The van der Waals surface area contributed by atoms with Crippen LogP contribution in [-0.2, 0) is 4.79 Å². The Morgan fingerprint density at radius 1 is 1.38 bits per heavy atom. The predicted molar refractivity (Wildman–Crippen MR) is 65.5 cm³/mol. The van der Waals surface area contributed by atoms with E-state index in [9.17, 15) is 4.79 Å². The van der Waals surface area contributed by atoms with Crippen molar-refractivity contribution in [1.29, 1.82) is 0 Å². The van der Waals surface area contributed by atoms with Crippen molar-refractivity contribution in [3.8, 4) is 0 Å². The molecular weight excluding hydrogens is 251 g/mol. The summed E-state index contributed by atoms with van der Waals surface area (Å²) in [6.07, 6.45) is 1.70. The van der Waals surface area contributed by atoms with Crippen LogP contribution in [0.15, 0.2) is 24.4 Å². The minimum atomic E-state index is -0.745. The van der Waals surface area contributed by atoms with Gasteiger partial charge in [-0.05, 0) is 12.1 Å².